The molecule has 1 saturated heterocycles. The summed E-state index contributed by atoms with van der Waals surface area (Å²) >= 11 is 0. The first kappa shape index (κ1) is 39.1. The van der Waals surface area contributed by atoms with Gasteiger partial charge < -0.3 is 44.7 Å². The van der Waals surface area contributed by atoms with E-state index < -0.39 is 81.8 Å². The fraction of sp³-hybridized carbons (Fsp3) is 0.938. The van der Waals surface area contributed by atoms with Crippen molar-refractivity contribution >= 4 is 10.4 Å². The summed E-state index contributed by atoms with van der Waals surface area (Å²) in [6, 6.07) is 0. The van der Waals surface area contributed by atoms with Crippen LogP contribution in [0.1, 0.15) is 79.6 Å². The van der Waals surface area contributed by atoms with E-state index in [0.717, 1.165) is 0 Å². The van der Waals surface area contributed by atoms with Gasteiger partial charge in [0.2, 0.25) is 10.4 Å². The summed E-state index contributed by atoms with van der Waals surface area (Å²) in [6.07, 6.45) is -1.17. The van der Waals surface area contributed by atoms with Crippen LogP contribution in [0, 0.1) is 46.3 Å². The molecule has 5 rings (SSSR count). The topological polar surface area (TPSA) is 206 Å². The van der Waals surface area contributed by atoms with Crippen LogP contribution in [0.25, 0.3) is 0 Å². The minimum atomic E-state index is -5.10. The Bertz CT molecular complexity index is 1200. The molecule has 14 heteroatoms. The molecule has 0 aromatic carbocycles. The van der Waals surface area contributed by atoms with Crippen molar-refractivity contribution in [3.63, 3.8) is 0 Å². The molecule has 1 heterocycles. The number of hydrogen-bond acceptors (Lipinski definition) is 12. The summed E-state index contributed by atoms with van der Waals surface area (Å²) in [7, 11) is -5.10. The average Bonchev–Trinajstić information content (AvgIpc) is 3.23. The molecule has 0 radical (unpaired) electrons. The van der Waals surface area contributed by atoms with E-state index >= 15 is 0 Å². The first-order valence-corrected chi connectivity index (χ1v) is 17.9. The second kappa shape index (κ2) is 14.1. The predicted molar refractivity (Wildman–Crippen MR) is 160 cm³/mol. The third-order valence-corrected chi connectivity index (χ3v) is 13.1. The number of aliphatic hydroxyl groups is 6. The summed E-state index contributed by atoms with van der Waals surface area (Å²) in [5, 5.41) is 64.7. The number of allylic oxidation sites excluding steroid dienone is 1. The molecule has 0 spiro atoms. The van der Waals surface area contributed by atoms with E-state index in [1.807, 2.05) is 39.8 Å². The normalized spacial score (nSPS) is 49.1. The van der Waals surface area contributed by atoms with Gasteiger partial charge >= 0.3 is 29.6 Å². The van der Waals surface area contributed by atoms with Gasteiger partial charge in [0.05, 0.1) is 36.6 Å². The van der Waals surface area contributed by atoms with Crippen molar-refractivity contribution < 1.29 is 86.8 Å². The zero-order valence-corrected chi connectivity index (χ0v) is 30.8. The van der Waals surface area contributed by atoms with Gasteiger partial charge in [-0.05, 0) is 78.9 Å². The Hall–Kier alpha value is 0.290. The van der Waals surface area contributed by atoms with Gasteiger partial charge in [-0.1, -0.05) is 46.8 Å². The molecule has 7 unspecified atom stereocenters. The van der Waals surface area contributed by atoms with E-state index in [1.54, 1.807) is 0 Å². The Morgan fingerprint density at radius 3 is 2.22 bits per heavy atom. The monoisotopic (exact) mass is 684 g/mol. The third kappa shape index (κ3) is 7.08. The van der Waals surface area contributed by atoms with Gasteiger partial charge in [-0.2, -0.15) is 0 Å². The first-order valence-electron chi connectivity index (χ1n) is 16.5. The molecule has 0 aromatic rings. The van der Waals surface area contributed by atoms with E-state index in [1.165, 1.54) is 0 Å². The minimum absolute atomic E-state index is 0. The smallest absolute Gasteiger partial charge is 0.726 e. The second-order valence-corrected chi connectivity index (χ2v) is 16.6. The molecule has 4 aliphatic carbocycles. The molecular weight excluding hydrogens is 631 g/mol. The van der Waals surface area contributed by atoms with Crippen LogP contribution >= 0.6 is 0 Å². The van der Waals surface area contributed by atoms with Crippen molar-refractivity contribution in [2.45, 2.75) is 134 Å². The number of aliphatic hydroxyl groups excluding tert-OH is 5. The Morgan fingerprint density at radius 1 is 0.935 bits per heavy atom. The van der Waals surface area contributed by atoms with Gasteiger partial charge in [0.25, 0.3) is 0 Å². The maximum absolute atomic E-state index is 12.7. The fourth-order valence-corrected chi connectivity index (χ4v) is 10.9. The standard InChI is InChI=1S/C32H54O12S.Na/c1-16(2)23(43-29-27(37)26(36)22(35)15-42-29)7-6-17(3)19-13-24(44-45(39,40)41)28-31(19,5)11-9-25-30(4)10-8-18(33)12-20(30)21(34)14-32(25,28)38;/h6-7,16-29,33-38H,8-15H2,1-5H3,(H,39,40,41);/q;+1/p-1/b7-6+;/t17-,18+,19-,20?,21-,22?,23+,24-,25?,26?,27?,28?,29?,30+,31-,32+;/m1./s1. The van der Waals surface area contributed by atoms with Crippen LogP contribution in [0.4, 0.5) is 0 Å². The van der Waals surface area contributed by atoms with Crippen molar-refractivity contribution in [1.82, 2.24) is 0 Å². The van der Waals surface area contributed by atoms with Crippen LogP contribution in [0.5, 0.6) is 0 Å². The summed E-state index contributed by atoms with van der Waals surface area (Å²) in [5.41, 5.74) is -2.57. The summed E-state index contributed by atoms with van der Waals surface area (Å²) in [6.45, 7) is 9.77. The summed E-state index contributed by atoms with van der Waals surface area (Å²) < 4.78 is 52.8. The first-order chi connectivity index (χ1) is 20.8. The molecule has 1 aliphatic heterocycles. The van der Waals surface area contributed by atoms with Crippen LogP contribution in [-0.2, 0) is 24.1 Å². The van der Waals surface area contributed by atoms with Gasteiger partial charge in [-0.3, -0.25) is 4.18 Å². The fourth-order valence-electron chi connectivity index (χ4n) is 10.4. The number of ether oxygens (including phenoxy) is 2. The van der Waals surface area contributed by atoms with Crippen LogP contribution in [0.2, 0.25) is 0 Å². The van der Waals surface area contributed by atoms with Crippen LogP contribution in [-0.4, -0.2) is 105 Å². The maximum Gasteiger partial charge on any atom is 1.00 e. The van der Waals surface area contributed by atoms with E-state index in [9.17, 15) is 43.6 Å². The van der Waals surface area contributed by atoms with Crippen molar-refractivity contribution in [2.24, 2.45) is 46.3 Å². The van der Waals surface area contributed by atoms with Gasteiger partial charge in [0.15, 0.2) is 6.29 Å². The SMILES string of the molecule is CC(C)[C@H](/C=C/[C@@H](C)[C@H]1C[C@@H](OS(=O)(=O)[O-])C2[C@]3(O)C[C@@H](O)C4C[C@@H](O)CC[C@]4(C)C3CC[C@@]21C)OC1OCC(O)C(O)C1O.[Na+]. The van der Waals surface area contributed by atoms with Crippen molar-refractivity contribution in [3.05, 3.63) is 12.2 Å². The molecule has 5 fully saturated rings. The summed E-state index contributed by atoms with van der Waals surface area (Å²) in [4.78, 5) is 0. The molecule has 5 aliphatic rings. The molecule has 260 valence electrons. The molecule has 0 bridgehead atoms. The Morgan fingerprint density at radius 2 is 1.59 bits per heavy atom. The largest absolute Gasteiger partial charge is 1.00 e. The van der Waals surface area contributed by atoms with Crippen molar-refractivity contribution in [3.8, 4) is 0 Å². The molecule has 4 saturated carbocycles. The average molecular weight is 685 g/mol. The van der Waals surface area contributed by atoms with Crippen molar-refractivity contribution in [2.75, 3.05) is 6.61 Å². The molecular formula is C32H53NaO12S. The van der Waals surface area contributed by atoms with E-state index in [2.05, 4.69) is 6.92 Å². The minimum Gasteiger partial charge on any atom is -0.726 e. The number of rotatable bonds is 8. The zero-order valence-electron chi connectivity index (χ0n) is 27.9. The molecule has 0 amide bonds. The van der Waals surface area contributed by atoms with Gasteiger partial charge in [-0.15, -0.1) is 0 Å². The Kier molecular flexibility index (Phi) is 12.0. The predicted octanol–water partition coefficient (Wildman–Crippen LogP) is -1.78. The number of hydrogen-bond donors (Lipinski definition) is 6. The van der Waals surface area contributed by atoms with Gasteiger partial charge in [0.1, 0.15) is 18.3 Å². The van der Waals surface area contributed by atoms with E-state index in [4.69, 9.17) is 13.7 Å². The molecule has 0 aromatic heterocycles. The van der Waals surface area contributed by atoms with Crippen LogP contribution in [0.15, 0.2) is 12.2 Å². The molecule has 16 atom stereocenters. The van der Waals surface area contributed by atoms with E-state index in [0.29, 0.717) is 32.1 Å². The number of fused-ring (bicyclic) bond motifs is 5. The zero-order chi connectivity index (χ0) is 33.3. The van der Waals surface area contributed by atoms with Gasteiger partial charge in [-0.25, -0.2) is 8.42 Å². The van der Waals surface area contributed by atoms with Crippen LogP contribution < -0.4 is 29.6 Å². The molecule has 46 heavy (non-hydrogen) atoms. The third-order valence-electron chi connectivity index (χ3n) is 12.6. The Balaban J connectivity index is 0.00000480. The van der Waals surface area contributed by atoms with Crippen LogP contribution in [0.3, 0.4) is 0 Å². The molecule has 6 N–H and O–H groups in total. The molecule has 12 nitrogen and oxygen atoms in total. The van der Waals surface area contributed by atoms with Crippen molar-refractivity contribution in [1.29, 1.82) is 0 Å². The maximum atomic E-state index is 12.7. The Labute approximate surface area is 295 Å². The van der Waals surface area contributed by atoms with Gasteiger partial charge in [0, 0.05) is 12.3 Å². The van der Waals surface area contributed by atoms with E-state index in [-0.39, 0.29) is 78.6 Å². The summed E-state index contributed by atoms with van der Waals surface area (Å²) in [5.74, 6) is -1.58. The second-order valence-electron chi connectivity index (χ2n) is 15.6. The quantitative estimate of drug-likeness (QED) is 0.0727.